The standard InChI is InChI=1S/C27H40O3/c1-16-6-5-7-19-18(16)10-13-27(4)23(19)22(28)14-21-20-15-25(2,24(29)30)11-8-17(20)9-12-26(21,27)3/h14,16-20,23H,5-13,15H2,1-4H3,(H,29,30). The molecule has 4 saturated carbocycles. The van der Waals surface area contributed by atoms with Crippen molar-refractivity contribution in [3.8, 4) is 0 Å². The second-order valence-corrected chi connectivity index (χ2v) is 12.5. The van der Waals surface area contributed by atoms with E-state index in [1.54, 1.807) is 0 Å². The van der Waals surface area contributed by atoms with Gasteiger partial charge in [-0.25, -0.2) is 0 Å². The highest BCUT2D eigenvalue weighted by Crippen LogP contribution is 2.69. The Morgan fingerprint density at radius 3 is 2.47 bits per heavy atom. The minimum atomic E-state index is -0.656. The van der Waals surface area contributed by atoms with Gasteiger partial charge in [0.1, 0.15) is 0 Å². The average Bonchev–Trinajstić information content (AvgIpc) is 2.69. The van der Waals surface area contributed by atoms with Crippen LogP contribution in [0, 0.1) is 51.8 Å². The van der Waals surface area contributed by atoms with Crippen LogP contribution in [0.25, 0.3) is 0 Å². The summed E-state index contributed by atoms with van der Waals surface area (Å²) in [6.45, 7) is 9.24. The van der Waals surface area contributed by atoms with E-state index in [0.29, 0.717) is 24.0 Å². The van der Waals surface area contributed by atoms with E-state index in [1.165, 1.54) is 44.1 Å². The number of carboxylic acid groups (broad SMARTS) is 1. The van der Waals surface area contributed by atoms with E-state index < -0.39 is 11.4 Å². The van der Waals surface area contributed by atoms with Gasteiger partial charge in [0.2, 0.25) is 0 Å². The molecule has 3 nitrogen and oxygen atoms in total. The SMILES string of the molecule is CC1CCCC2C1CCC1(C)C2C(=O)C=C2C3CC(C)(C(=O)O)CCC3CCC21C. The number of hydrogen-bond acceptors (Lipinski definition) is 2. The van der Waals surface area contributed by atoms with Crippen LogP contribution in [0.2, 0.25) is 0 Å². The molecule has 3 heteroatoms. The van der Waals surface area contributed by atoms with Gasteiger partial charge in [-0.15, -0.1) is 0 Å². The Labute approximate surface area is 182 Å². The fourth-order valence-corrected chi connectivity index (χ4v) is 9.19. The first kappa shape index (κ1) is 20.8. The number of allylic oxidation sites excluding steroid dienone is 2. The number of fused-ring (bicyclic) bond motifs is 7. The molecule has 0 saturated heterocycles. The fraction of sp³-hybridized carbons (Fsp3) is 0.852. The zero-order valence-corrected chi connectivity index (χ0v) is 19.4. The van der Waals surface area contributed by atoms with Crippen LogP contribution >= 0.6 is 0 Å². The van der Waals surface area contributed by atoms with E-state index in [2.05, 4.69) is 26.8 Å². The Morgan fingerprint density at radius 1 is 1.00 bits per heavy atom. The van der Waals surface area contributed by atoms with E-state index in [0.717, 1.165) is 31.1 Å². The maximum absolute atomic E-state index is 13.8. The van der Waals surface area contributed by atoms with Crippen molar-refractivity contribution in [1.29, 1.82) is 0 Å². The Balaban J connectivity index is 1.56. The topological polar surface area (TPSA) is 54.4 Å². The maximum Gasteiger partial charge on any atom is 0.309 e. The molecule has 5 rings (SSSR count). The van der Waals surface area contributed by atoms with Gasteiger partial charge >= 0.3 is 5.97 Å². The zero-order chi connectivity index (χ0) is 21.5. The molecule has 30 heavy (non-hydrogen) atoms. The third kappa shape index (κ3) is 2.62. The Morgan fingerprint density at radius 2 is 1.73 bits per heavy atom. The molecule has 9 unspecified atom stereocenters. The first-order valence-corrected chi connectivity index (χ1v) is 12.6. The van der Waals surface area contributed by atoms with Crippen molar-refractivity contribution in [3.63, 3.8) is 0 Å². The van der Waals surface area contributed by atoms with E-state index in [9.17, 15) is 14.7 Å². The second kappa shape index (κ2) is 6.69. The quantitative estimate of drug-likeness (QED) is 0.552. The predicted molar refractivity (Wildman–Crippen MR) is 118 cm³/mol. The van der Waals surface area contributed by atoms with Crippen LogP contribution in [-0.4, -0.2) is 16.9 Å². The summed E-state index contributed by atoms with van der Waals surface area (Å²) in [6.07, 6.45) is 13.2. The minimum absolute atomic E-state index is 0.0361. The molecular formula is C27H40O3. The van der Waals surface area contributed by atoms with E-state index in [4.69, 9.17) is 0 Å². The van der Waals surface area contributed by atoms with Crippen LogP contribution in [0.1, 0.15) is 91.9 Å². The van der Waals surface area contributed by atoms with Crippen molar-refractivity contribution in [2.24, 2.45) is 51.8 Å². The molecule has 0 bridgehead atoms. The van der Waals surface area contributed by atoms with Gasteiger partial charge in [-0.2, -0.15) is 0 Å². The molecule has 4 fully saturated rings. The number of aliphatic carboxylic acids is 1. The minimum Gasteiger partial charge on any atom is -0.481 e. The summed E-state index contributed by atoms with van der Waals surface area (Å²) in [5.74, 6) is 2.79. The fourth-order valence-electron chi connectivity index (χ4n) is 9.19. The van der Waals surface area contributed by atoms with E-state index >= 15 is 0 Å². The largest absolute Gasteiger partial charge is 0.481 e. The number of ketones is 1. The first-order chi connectivity index (χ1) is 14.1. The van der Waals surface area contributed by atoms with Crippen molar-refractivity contribution in [1.82, 2.24) is 0 Å². The monoisotopic (exact) mass is 412 g/mol. The van der Waals surface area contributed by atoms with Crippen molar-refractivity contribution >= 4 is 11.8 Å². The number of carboxylic acids is 1. The van der Waals surface area contributed by atoms with Crippen LogP contribution in [0.4, 0.5) is 0 Å². The van der Waals surface area contributed by atoms with Crippen molar-refractivity contribution in [3.05, 3.63) is 11.6 Å². The third-order valence-electron chi connectivity index (χ3n) is 11.3. The molecule has 0 aliphatic heterocycles. The summed E-state index contributed by atoms with van der Waals surface area (Å²) in [4.78, 5) is 25.8. The Kier molecular flexibility index (Phi) is 4.63. The lowest BCUT2D eigenvalue weighted by Crippen LogP contribution is -2.60. The molecule has 0 heterocycles. The van der Waals surface area contributed by atoms with Gasteiger partial charge in [-0.1, -0.05) is 39.2 Å². The zero-order valence-electron chi connectivity index (χ0n) is 19.4. The molecule has 5 aliphatic carbocycles. The number of carbonyl (C=O) groups excluding carboxylic acids is 1. The van der Waals surface area contributed by atoms with Gasteiger partial charge in [-0.05, 0) is 105 Å². The van der Waals surface area contributed by atoms with Crippen molar-refractivity contribution < 1.29 is 14.7 Å². The molecule has 1 N–H and O–H groups in total. The molecule has 0 amide bonds. The molecule has 0 radical (unpaired) electrons. The molecule has 0 aromatic rings. The smallest absolute Gasteiger partial charge is 0.309 e. The Bertz CT molecular complexity index is 798. The molecule has 166 valence electrons. The van der Waals surface area contributed by atoms with Crippen LogP contribution in [0.5, 0.6) is 0 Å². The highest BCUT2D eigenvalue weighted by molar-refractivity contribution is 5.95. The number of hydrogen-bond donors (Lipinski definition) is 1. The lowest BCUT2D eigenvalue weighted by molar-refractivity contribution is -0.156. The summed E-state index contributed by atoms with van der Waals surface area (Å²) in [7, 11) is 0. The van der Waals surface area contributed by atoms with Crippen molar-refractivity contribution in [2.45, 2.75) is 91.9 Å². The van der Waals surface area contributed by atoms with Gasteiger partial charge in [-0.3, -0.25) is 9.59 Å². The van der Waals surface area contributed by atoms with Crippen LogP contribution in [0.15, 0.2) is 11.6 Å². The van der Waals surface area contributed by atoms with Crippen molar-refractivity contribution in [2.75, 3.05) is 0 Å². The number of rotatable bonds is 1. The first-order valence-electron chi connectivity index (χ1n) is 12.6. The van der Waals surface area contributed by atoms with Crippen LogP contribution in [0.3, 0.4) is 0 Å². The normalized spacial score (nSPS) is 52.9. The summed E-state index contributed by atoms with van der Waals surface area (Å²) >= 11 is 0. The van der Waals surface area contributed by atoms with Gasteiger partial charge in [0.15, 0.2) is 5.78 Å². The van der Waals surface area contributed by atoms with Gasteiger partial charge < -0.3 is 5.11 Å². The molecule has 0 spiro atoms. The number of carbonyl (C=O) groups is 2. The highest BCUT2D eigenvalue weighted by Gasteiger charge is 2.64. The summed E-state index contributed by atoms with van der Waals surface area (Å²) in [5, 5.41) is 9.91. The summed E-state index contributed by atoms with van der Waals surface area (Å²) in [6, 6.07) is 0. The molecule has 9 atom stereocenters. The molecule has 0 aromatic heterocycles. The van der Waals surface area contributed by atoms with Gasteiger partial charge in [0.05, 0.1) is 5.41 Å². The van der Waals surface area contributed by atoms with E-state index in [-0.39, 0.29) is 22.7 Å². The molecule has 5 aliphatic rings. The third-order valence-corrected chi connectivity index (χ3v) is 11.3. The lowest BCUT2D eigenvalue weighted by Gasteiger charge is -2.65. The average molecular weight is 413 g/mol. The van der Waals surface area contributed by atoms with Gasteiger partial charge in [0.25, 0.3) is 0 Å². The molecule has 0 aromatic carbocycles. The second-order valence-electron chi connectivity index (χ2n) is 12.5. The molecular weight excluding hydrogens is 372 g/mol. The predicted octanol–water partition coefficient (Wildman–Crippen LogP) is 6.27. The van der Waals surface area contributed by atoms with Gasteiger partial charge in [0, 0.05) is 5.92 Å². The maximum atomic E-state index is 13.8. The lowest BCUT2D eigenvalue weighted by atomic mass is 9.38. The van der Waals surface area contributed by atoms with Crippen LogP contribution in [-0.2, 0) is 9.59 Å². The summed E-state index contributed by atoms with van der Waals surface area (Å²) in [5.41, 5.74) is 0.790. The summed E-state index contributed by atoms with van der Waals surface area (Å²) < 4.78 is 0. The Hall–Kier alpha value is -1.12. The van der Waals surface area contributed by atoms with E-state index in [1.807, 2.05) is 6.92 Å². The van der Waals surface area contributed by atoms with Crippen LogP contribution < -0.4 is 0 Å². The highest BCUT2D eigenvalue weighted by atomic mass is 16.4.